The minimum atomic E-state index is -0.0200. The van der Waals surface area contributed by atoms with Crippen molar-refractivity contribution in [3.63, 3.8) is 0 Å². The number of para-hydroxylation sites is 1. The number of pyridine rings is 1. The number of rotatable bonds is 5. The van der Waals surface area contributed by atoms with E-state index in [4.69, 9.17) is 20.9 Å². The molecule has 0 saturated carbocycles. The van der Waals surface area contributed by atoms with Crippen molar-refractivity contribution in [3.8, 4) is 17.1 Å². The zero-order valence-corrected chi connectivity index (χ0v) is 16.7. The molecule has 0 radical (unpaired) electrons. The Labute approximate surface area is 173 Å². The number of amides is 1. The Morgan fingerprint density at radius 3 is 2.72 bits per heavy atom. The average Bonchev–Trinajstić information content (AvgIpc) is 3.22. The number of aromatic nitrogens is 3. The first kappa shape index (κ1) is 19.4. The van der Waals surface area contributed by atoms with Gasteiger partial charge in [-0.3, -0.25) is 9.69 Å². The molecular weight excluding hydrogens is 394 g/mol. The van der Waals surface area contributed by atoms with Crippen LogP contribution in [0.4, 0.5) is 0 Å². The van der Waals surface area contributed by atoms with E-state index in [-0.39, 0.29) is 5.91 Å². The summed E-state index contributed by atoms with van der Waals surface area (Å²) in [6, 6.07) is 10.8. The number of methoxy groups -OCH3 is 1. The van der Waals surface area contributed by atoms with Crippen molar-refractivity contribution in [3.05, 3.63) is 59.2 Å². The van der Waals surface area contributed by atoms with Gasteiger partial charge in [0.1, 0.15) is 10.9 Å². The van der Waals surface area contributed by atoms with E-state index in [2.05, 4.69) is 20.0 Å². The van der Waals surface area contributed by atoms with Gasteiger partial charge in [0.05, 0.1) is 24.8 Å². The highest BCUT2D eigenvalue weighted by molar-refractivity contribution is 6.31. The summed E-state index contributed by atoms with van der Waals surface area (Å²) in [6.07, 6.45) is 1.61. The van der Waals surface area contributed by atoms with E-state index in [9.17, 15) is 4.79 Å². The maximum absolute atomic E-state index is 12.8. The second kappa shape index (κ2) is 8.59. The number of hydrogen-bond donors (Lipinski definition) is 0. The van der Waals surface area contributed by atoms with Crippen LogP contribution >= 0.6 is 11.6 Å². The third-order valence-corrected chi connectivity index (χ3v) is 5.13. The zero-order valence-electron chi connectivity index (χ0n) is 15.9. The highest BCUT2D eigenvalue weighted by Gasteiger charge is 2.25. The van der Waals surface area contributed by atoms with E-state index in [1.165, 1.54) is 0 Å². The number of carbonyl (C=O) groups excluding carboxylic acids is 1. The maximum atomic E-state index is 12.8. The van der Waals surface area contributed by atoms with Crippen LogP contribution in [0.2, 0.25) is 5.15 Å². The molecule has 1 amide bonds. The van der Waals surface area contributed by atoms with Gasteiger partial charge in [0.2, 0.25) is 11.7 Å². The van der Waals surface area contributed by atoms with Gasteiger partial charge in [-0.1, -0.05) is 28.9 Å². The van der Waals surface area contributed by atoms with Gasteiger partial charge in [-0.2, -0.15) is 4.98 Å². The quantitative estimate of drug-likeness (QED) is 0.594. The molecule has 150 valence electrons. The van der Waals surface area contributed by atoms with Crippen LogP contribution in [0, 0.1) is 0 Å². The lowest BCUT2D eigenvalue weighted by molar-refractivity contribution is 0.0612. The molecule has 1 aliphatic heterocycles. The molecule has 0 unspecified atom stereocenters. The van der Waals surface area contributed by atoms with Crippen molar-refractivity contribution < 1.29 is 14.1 Å². The summed E-state index contributed by atoms with van der Waals surface area (Å²) >= 11 is 6.09. The second-order valence-electron chi connectivity index (χ2n) is 6.62. The number of nitrogens with zero attached hydrogens (tertiary/aromatic N) is 5. The van der Waals surface area contributed by atoms with Gasteiger partial charge in [-0.15, -0.1) is 0 Å². The Morgan fingerprint density at radius 1 is 1.17 bits per heavy atom. The predicted octanol–water partition coefficient (Wildman–Crippen LogP) is 2.75. The minimum Gasteiger partial charge on any atom is -0.496 e. The smallest absolute Gasteiger partial charge is 0.257 e. The first-order valence-electron chi connectivity index (χ1n) is 9.24. The van der Waals surface area contributed by atoms with Crippen LogP contribution in [0.3, 0.4) is 0 Å². The fraction of sp³-hybridized carbons (Fsp3) is 0.300. The van der Waals surface area contributed by atoms with E-state index < -0.39 is 0 Å². The molecule has 0 spiro atoms. The number of halogens is 1. The molecule has 4 rings (SSSR count). The molecule has 0 N–H and O–H groups in total. The Morgan fingerprint density at radius 2 is 1.97 bits per heavy atom. The molecule has 2 aromatic heterocycles. The number of carbonyl (C=O) groups is 1. The van der Waals surface area contributed by atoms with Gasteiger partial charge in [0.15, 0.2) is 0 Å². The van der Waals surface area contributed by atoms with Crippen LogP contribution in [0.1, 0.15) is 16.2 Å². The van der Waals surface area contributed by atoms with Crippen LogP contribution in [0.5, 0.6) is 5.75 Å². The van der Waals surface area contributed by atoms with E-state index in [0.29, 0.717) is 66.5 Å². The maximum Gasteiger partial charge on any atom is 0.257 e. The van der Waals surface area contributed by atoms with Gasteiger partial charge in [0, 0.05) is 32.4 Å². The van der Waals surface area contributed by atoms with Gasteiger partial charge < -0.3 is 14.2 Å². The fourth-order valence-electron chi connectivity index (χ4n) is 3.27. The van der Waals surface area contributed by atoms with Crippen molar-refractivity contribution in [2.24, 2.45) is 0 Å². The van der Waals surface area contributed by atoms with Crippen LogP contribution < -0.4 is 4.74 Å². The first-order valence-corrected chi connectivity index (χ1v) is 9.61. The lowest BCUT2D eigenvalue weighted by atomic mass is 10.1. The van der Waals surface area contributed by atoms with Gasteiger partial charge in [-0.05, 0) is 24.3 Å². The molecule has 1 saturated heterocycles. The number of benzene rings is 1. The standard InChI is InChI=1S/C20H20ClN5O3/c1-28-16-7-3-2-5-14(16)20(27)26-11-9-25(10-12-26)13-17-23-19(24-29-17)15-6-4-8-22-18(15)21/h2-8H,9-13H2,1H3. The summed E-state index contributed by atoms with van der Waals surface area (Å²) < 4.78 is 10.7. The summed E-state index contributed by atoms with van der Waals surface area (Å²) in [5, 5.41) is 4.34. The van der Waals surface area contributed by atoms with E-state index >= 15 is 0 Å². The topological polar surface area (TPSA) is 84.6 Å². The summed E-state index contributed by atoms with van der Waals surface area (Å²) in [5.41, 5.74) is 1.22. The lowest BCUT2D eigenvalue weighted by Crippen LogP contribution is -2.48. The van der Waals surface area contributed by atoms with Crippen molar-refractivity contribution >= 4 is 17.5 Å². The molecule has 1 fully saturated rings. The van der Waals surface area contributed by atoms with Crippen molar-refractivity contribution in [2.75, 3.05) is 33.3 Å². The molecule has 9 heteroatoms. The van der Waals surface area contributed by atoms with Crippen molar-refractivity contribution in [1.82, 2.24) is 24.9 Å². The minimum absolute atomic E-state index is 0.0200. The Kier molecular flexibility index (Phi) is 5.73. The van der Waals surface area contributed by atoms with E-state index in [1.807, 2.05) is 17.0 Å². The van der Waals surface area contributed by atoms with Gasteiger partial charge in [-0.25, -0.2) is 4.98 Å². The first-order chi connectivity index (χ1) is 14.2. The Bertz CT molecular complexity index is 1000. The van der Waals surface area contributed by atoms with E-state index in [1.54, 1.807) is 37.6 Å². The summed E-state index contributed by atoms with van der Waals surface area (Å²) in [6.45, 7) is 3.18. The average molecular weight is 414 g/mol. The second-order valence-corrected chi connectivity index (χ2v) is 6.98. The molecule has 8 nitrogen and oxygen atoms in total. The summed E-state index contributed by atoms with van der Waals surface area (Å²) in [7, 11) is 1.57. The number of piperazine rings is 1. The van der Waals surface area contributed by atoms with Crippen LogP contribution in [0.25, 0.3) is 11.4 Å². The molecular formula is C20H20ClN5O3. The van der Waals surface area contributed by atoms with Crippen molar-refractivity contribution in [1.29, 1.82) is 0 Å². The summed E-state index contributed by atoms with van der Waals surface area (Å²) in [5.74, 6) is 1.49. The monoisotopic (exact) mass is 413 g/mol. The van der Waals surface area contributed by atoms with Crippen LogP contribution in [-0.2, 0) is 6.54 Å². The number of ether oxygens (including phenoxy) is 1. The SMILES string of the molecule is COc1ccccc1C(=O)N1CCN(Cc2nc(-c3cccnc3Cl)no2)CC1. The molecule has 29 heavy (non-hydrogen) atoms. The highest BCUT2D eigenvalue weighted by Crippen LogP contribution is 2.23. The highest BCUT2D eigenvalue weighted by atomic mass is 35.5. The summed E-state index contributed by atoms with van der Waals surface area (Å²) in [4.78, 5) is 25.3. The van der Waals surface area contributed by atoms with Crippen LogP contribution in [-0.4, -0.2) is 64.1 Å². The van der Waals surface area contributed by atoms with Gasteiger partial charge in [0.25, 0.3) is 5.91 Å². The fourth-order valence-corrected chi connectivity index (χ4v) is 3.48. The van der Waals surface area contributed by atoms with E-state index in [0.717, 1.165) is 0 Å². The van der Waals surface area contributed by atoms with Crippen molar-refractivity contribution in [2.45, 2.75) is 6.54 Å². The molecule has 1 aromatic carbocycles. The molecule has 1 aliphatic rings. The predicted molar refractivity (Wildman–Crippen MR) is 107 cm³/mol. The molecule has 3 aromatic rings. The Balaban J connectivity index is 1.36. The zero-order chi connectivity index (χ0) is 20.2. The largest absolute Gasteiger partial charge is 0.496 e. The molecule has 0 bridgehead atoms. The normalized spacial score (nSPS) is 14.8. The number of hydrogen-bond acceptors (Lipinski definition) is 7. The molecule has 0 aliphatic carbocycles. The van der Waals surface area contributed by atoms with Gasteiger partial charge >= 0.3 is 0 Å². The Hall–Kier alpha value is -2.97. The van der Waals surface area contributed by atoms with Crippen LogP contribution in [0.15, 0.2) is 47.1 Å². The third-order valence-electron chi connectivity index (χ3n) is 4.82. The third kappa shape index (κ3) is 4.23. The molecule has 3 heterocycles. The lowest BCUT2D eigenvalue weighted by Gasteiger charge is -2.34. The molecule has 0 atom stereocenters.